The maximum atomic E-state index is 11.8. The highest BCUT2D eigenvalue weighted by Crippen LogP contribution is 2.34. The molecule has 2 atom stereocenters. The molecule has 0 aliphatic carbocycles. The number of rotatable bonds is 6. The minimum Gasteiger partial charge on any atom is -0.480 e. The first-order valence-electron chi connectivity index (χ1n) is 6.36. The van der Waals surface area contributed by atoms with Gasteiger partial charge < -0.3 is 19.3 Å². The molecule has 0 radical (unpaired) electrons. The molecule has 7 heteroatoms. The fourth-order valence-corrected chi connectivity index (χ4v) is 3.01. The maximum Gasteiger partial charge on any atom is 0.319 e. The van der Waals surface area contributed by atoms with Crippen LogP contribution in [-0.4, -0.2) is 41.4 Å². The van der Waals surface area contributed by atoms with Gasteiger partial charge in [-0.3, -0.25) is 9.59 Å². The van der Waals surface area contributed by atoms with Crippen LogP contribution in [0.15, 0.2) is 18.2 Å². The van der Waals surface area contributed by atoms with Gasteiger partial charge in [0, 0.05) is 0 Å². The van der Waals surface area contributed by atoms with Crippen LogP contribution in [0.25, 0.3) is 0 Å². The lowest BCUT2D eigenvalue weighted by molar-refractivity contribution is -0.139. The Labute approximate surface area is 126 Å². The minimum atomic E-state index is -0.959. The van der Waals surface area contributed by atoms with Gasteiger partial charge >= 0.3 is 11.9 Å². The van der Waals surface area contributed by atoms with E-state index < -0.39 is 22.4 Å². The number of carboxylic acid groups (broad SMARTS) is 1. The normalized spacial score (nSPS) is 15.3. The van der Waals surface area contributed by atoms with Gasteiger partial charge in [0.1, 0.15) is 10.5 Å². The Kier molecular flexibility index (Phi) is 4.95. The highest BCUT2D eigenvalue weighted by molar-refractivity contribution is 8.01. The molecule has 114 valence electrons. The Bertz CT molecular complexity index is 544. The molecule has 21 heavy (non-hydrogen) atoms. The number of thioether (sulfide) groups is 1. The van der Waals surface area contributed by atoms with Crippen LogP contribution in [0.2, 0.25) is 0 Å². The van der Waals surface area contributed by atoms with E-state index >= 15 is 0 Å². The highest BCUT2D eigenvalue weighted by Gasteiger charge is 2.26. The smallest absolute Gasteiger partial charge is 0.319 e. The second-order valence-electron chi connectivity index (χ2n) is 4.52. The first kappa shape index (κ1) is 15.5. The molecular formula is C14H16O6S. The topological polar surface area (TPSA) is 82.1 Å². The number of methoxy groups -OCH3 is 1. The number of carbonyl (C=O) groups is 2. The summed E-state index contributed by atoms with van der Waals surface area (Å²) < 4.78 is 15.3. The molecule has 1 N–H and O–H groups in total. The van der Waals surface area contributed by atoms with Gasteiger partial charge in [-0.05, 0) is 31.0 Å². The Morgan fingerprint density at radius 2 is 2.10 bits per heavy atom. The summed E-state index contributed by atoms with van der Waals surface area (Å²) in [5, 5.41) is 7.70. The average Bonchev–Trinajstić information content (AvgIpc) is 2.93. The van der Waals surface area contributed by atoms with Crippen LogP contribution in [0.5, 0.6) is 11.5 Å². The third-order valence-electron chi connectivity index (χ3n) is 3.04. The van der Waals surface area contributed by atoms with Crippen molar-refractivity contribution in [3.63, 3.8) is 0 Å². The van der Waals surface area contributed by atoms with Crippen molar-refractivity contribution in [2.24, 2.45) is 0 Å². The predicted molar refractivity (Wildman–Crippen MR) is 76.8 cm³/mol. The Morgan fingerprint density at radius 1 is 1.38 bits per heavy atom. The molecule has 0 aromatic heterocycles. The molecule has 0 saturated heterocycles. The lowest BCUT2D eigenvalue weighted by Gasteiger charge is -2.16. The van der Waals surface area contributed by atoms with Crippen LogP contribution < -0.4 is 9.47 Å². The van der Waals surface area contributed by atoms with Crippen LogP contribution in [0.4, 0.5) is 0 Å². The van der Waals surface area contributed by atoms with Crippen molar-refractivity contribution in [2.45, 2.75) is 23.8 Å². The van der Waals surface area contributed by atoms with E-state index in [2.05, 4.69) is 0 Å². The van der Waals surface area contributed by atoms with Crippen molar-refractivity contribution in [3.05, 3.63) is 23.8 Å². The molecule has 1 aliphatic heterocycles. The zero-order valence-corrected chi connectivity index (χ0v) is 12.5. The van der Waals surface area contributed by atoms with E-state index in [-0.39, 0.29) is 6.79 Å². The molecular weight excluding hydrogens is 296 g/mol. The molecule has 0 amide bonds. The Balaban J connectivity index is 2.11. The molecule has 0 bridgehead atoms. The van der Waals surface area contributed by atoms with E-state index in [1.165, 1.54) is 7.11 Å². The standard InChI is InChI=1S/C14H16O6S/c1-8(13(15)16)21-12(14(17)18-2)6-9-3-4-10-11(5-9)20-7-19-10/h3-5,8,12H,6-7H2,1-2H3,(H,15,16). The summed E-state index contributed by atoms with van der Waals surface area (Å²) in [6.07, 6.45) is 0.367. The van der Waals surface area contributed by atoms with Crippen LogP contribution in [0.1, 0.15) is 12.5 Å². The third-order valence-corrected chi connectivity index (χ3v) is 4.34. The molecule has 0 saturated carbocycles. The SMILES string of the molecule is COC(=O)C(Cc1ccc2c(c1)OCO2)SC(C)C(=O)O. The number of hydrogen-bond acceptors (Lipinski definition) is 6. The van der Waals surface area contributed by atoms with Crippen molar-refractivity contribution < 1.29 is 28.9 Å². The molecule has 0 fully saturated rings. The molecule has 2 unspecified atom stereocenters. The first-order chi connectivity index (χ1) is 10.0. The number of aliphatic carboxylic acids is 1. The molecule has 0 spiro atoms. The molecule has 2 rings (SSSR count). The van der Waals surface area contributed by atoms with E-state index in [0.717, 1.165) is 17.3 Å². The fraction of sp³-hybridized carbons (Fsp3) is 0.429. The average molecular weight is 312 g/mol. The van der Waals surface area contributed by atoms with Crippen LogP contribution in [-0.2, 0) is 20.7 Å². The van der Waals surface area contributed by atoms with Gasteiger partial charge in [0.25, 0.3) is 0 Å². The lowest BCUT2D eigenvalue weighted by Crippen LogP contribution is -2.26. The number of esters is 1. The number of carboxylic acids is 1. The summed E-state index contributed by atoms with van der Waals surface area (Å²) in [5.41, 5.74) is 0.861. The number of hydrogen-bond donors (Lipinski definition) is 1. The minimum absolute atomic E-state index is 0.185. The molecule has 1 heterocycles. The van der Waals surface area contributed by atoms with Crippen molar-refractivity contribution in [1.29, 1.82) is 0 Å². The second kappa shape index (κ2) is 6.71. The summed E-state index contributed by atoms with van der Waals surface area (Å²) >= 11 is 1.07. The van der Waals surface area contributed by atoms with Gasteiger partial charge in [-0.2, -0.15) is 0 Å². The lowest BCUT2D eigenvalue weighted by atomic mass is 10.1. The first-order valence-corrected chi connectivity index (χ1v) is 7.30. The van der Waals surface area contributed by atoms with E-state index in [9.17, 15) is 9.59 Å². The van der Waals surface area contributed by atoms with Gasteiger partial charge in [0.2, 0.25) is 6.79 Å². The van der Waals surface area contributed by atoms with E-state index in [1.807, 2.05) is 6.07 Å². The number of ether oxygens (including phenoxy) is 3. The monoisotopic (exact) mass is 312 g/mol. The molecule has 6 nitrogen and oxygen atoms in total. The van der Waals surface area contributed by atoms with Gasteiger partial charge in [-0.25, -0.2) is 0 Å². The predicted octanol–water partition coefficient (Wildman–Crippen LogP) is 1.71. The zero-order chi connectivity index (χ0) is 15.4. The summed E-state index contributed by atoms with van der Waals surface area (Å²) in [5.74, 6) is -0.0994. The van der Waals surface area contributed by atoms with Crippen molar-refractivity contribution in [2.75, 3.05) is 13.9 Å². The zero-order valence-electron chi connectivity index (χ0n) is 11.7. The van der Waals surface area contributed by atoms with Gasteiger partial charge in [-0.15, -0.1) is 11.8 Å². The Hall–Kier alpha value is -1.89. The second-order valence-corrected chi connectivity index (χ2v) is 6.07. The summed E-state index contributed by atoms with van der Waals surface area (Å²) in [6.45, 7) is 1.73. The highest BCUT2D eigenvalue weighted by atomic mass is 32.2. The molecule has 1 aromatic rings. The summed E-state index contributed by atoms with van der Waals surface area (Å²) in [6, 6.07) is 5.40. The van der Waals surface area contributed by atoms with Gasteiger partial charge in [-0.1, -0.05) is 6.07 Å². The van der Waals surface area contributed by atoms with Crippen LogP contribution >= 0.6 is 11.8 Å². The van der Waals surface area contributed by atoms with Crippen LogP contribution in [0, 0.1) is 0 Å². The third kappa shape index (κ3) is 3.81. The van der Waals surface area contributed by atoms with Gasteiger partial charge in [0.05, 0.1) is 7.11 Å². The molecule has 1 aliphatic rings. The quantitative estimate of drug-likeness (QED) is 0.801. The maximum absolute atomic E-state index is 11.8. The number of carbonyl (C=O) groups excluding carboxylic acids is 1. The number of benzene rings is 1. The van der Waals surface area contributed by atoms with Crippen molar-refractivity contribution in [3.8, 4) is 11.5 Å². The van der Waals surface area contributed by atoms with E-state index in [1.54, 1.807) is 19.1 Å². The van der Waals surface area contributed by atoms with Crippen molar-refractivity contribution >= 4 is 23.7 Å². The fourth-order valence-electron chi connectivity index (χ4n) is 1.91. The Morgan fingerprint density at radius 3 is 2.76 bits per heavy atom. The summed E-state index contributed by atoms with van der Waals surface area (Å²) in [4.78, 5) is 22.8. The molecule has 1 aromatic carbocycles. The summed E-state index contributed by atoms with van der Waals surface area (Å²) in [7, 11) is 1.29. The van der Waals surface area contributed by atoms with E-state index in [4.69, 9.17) is 19.3 Å². The largest absolute Gasteiger partial charge is 0.480 e. The van der Waals surface area contributed by atoms with Crippen LogP contribution in [0.3, 0.4) is 0 Å². The van der Waals surface area contributed by atoms with Crippen molar-refractivity contribution in [1.82, 2.24) is 0 Å². The van der Waals surface area contributed by atoms with E-state index in [0.29, 0.717) is 17.9 Å². The van der Waals surface area contributed by atoms with Gasteiger partial charge in [0.15, 0.2) is 11.5 Å². The number of fused-ring (bicyclic) bond motifs is 1.